The van der Waals surface area contributed by atoms with E-state index in [2.05, 4.69) is 4.72 Å². The van der Waals surface area contributed by atoms with Crippen molar-refractivity contribution in [3.63, 3.8) is 0 Å². The highest BCUT2D eigenvalue weighted by Gasteiger charge is 2.45. The number of ether oxygens (including phenoxy) is 1. The van der Waals surface area contributed by atoms with Crippen LogP contribution in [-0.2, 0) is 19.6 Å². The zero-order valence-electron chi connectivity index (χ0n) is 11.0. The molecular weight excluding hydrogens is 258 g/mol. The molecule has 1 atom stereocenters. The molecule has 1 heterocycles. The Kier molecular flexibility index (Phi) is 4.40. The van der Waals surface area contributed by atoms with E-state index >= 15 is 0 Å². The fourth-order valence-electron chi connectivity index (χ4n) is 1.65. The molecule has 18 heavy (non-hydrogen) atoms. The van der Waals surface area contributed by atoms with Crippen LogP contribution in [0.15, 0.2) is 0 Å². The highest BCUT2D eigenvalue weighted by atomic mass is 32.2. The smallest absolute Gasteiger partial charge is 0.327 e. The third kappa shape index (κ3) is 4.22. The van der Waals surface area contributed by atoms with Crippen molar-refractivity contribution in [3.8, 4) is 0 Å². The van der Waals surface area contributed by atoms with E-state index in [0.717, 1.165) is 0 Å². The lowest BCUT2D eigenvalue weighted by atomic mass is 9.94. The Morgan fingerprint density at radius 2 is 2.06 bits per heavy atom. The van der Waals surface area contributed by atoms with Crippen molar-refractivity contribution >= 4 is 16.0 Å². The minimum atomic E-state index is -3.61. The summed E-state index contributed by atoms with van der Waals surface area (Å²) in [5.74, 6) is -1.26. The zero-order chi connectivity index (χ0) is 14.0. The predicted octanol–water partition coefficient (Wildman–Crippen LogP) is 0.586. The number of sulfonamides is 1. The first-order chi connectivity index (χ1) is 8.06. The topological polar surface area (TPSA) is 92.7 Å². The van der Waals surface area contributed by atoms with Crippen molar-refractivity contribution in [3.05, 3.63) is 0 Å². The maximum atomic E-state index is 11.9. The van der Waals surface area contributed by atoms with Gasteiger partial charge in [-0.25, -0.2) is 8.42 Å². The lowest BCUT2D eigenvalue weighted by Gasteiger charge is -2.25. The molecule has 0 aromatic heterocycles. The van der Waals surface area contributed by atoms with Crippen LogP contribution in [0, 0.1) is 5.41 Å². The van der Waals surface area contributed by atoms with Crippen molar-refractivity contribution in [1.29, 1.82) is 0 Å². The van der Waals surface area contributed by atoms with E-state index in [0.29, 0.717) is 6.42 Å². The Balaban J connectivity index is 2.72. The molecular formula is C11H21NO5S. The highest BCUT2D eigenvalue weighted by molar-refractivity contribution is 7.89. The van der Waals surface area contributed by atoms with E-state index < -0.39 is 21.5 Å². The largest absolute Gasteiger partial charge is 0.480 e. The Morgan fingerprint density at radius 3 is 2.44 bits per heavy atom. The number of carboxylic acids is 1. The minimum Gasteiger partial charge on any atom is -0.480 e. The van der Waals surface area contributed by atoms with Gasteiger partial charge in [-0.1, -0.05) is 20.8 Å². The summed E-state index contributed by atoms with van der Waals surface area (Å²) in [6, 6.07) is 0. The van der Waals surface area contributed by atoms with Gasteiger partial charge in [0.05, 0.1) is 12.4 Å². The van der Waals surface area contributed by atoms with Crippen molar-refractivity contribution in [2.75, 3.05) is 19.0 Å². The van der Waals surface area contributed by atoms with E-state index in [9.17, 15) is 13.2 Å². The molecule has 1 rings (SSSR count). The third-order valence-electron chi connectivity index (χ3n) is 2.90. The summed E-state index contributed by atoms with van der Waals surface area (Å²) in [7, 11) is -3.61. The maximum absolute atomic E-state index is 11.9. The average molecular weight is 279 g/mol. The summed E-state index contributed by atoms with van der Waals surface area (Å²) in [4.78, 5) is 11.2. The molecule has 0 radical (unpaired) electrons. The van der Waals surface area contributed by atoms with Crippen LogP contribution in [0.4, 0.5) is 0 Å². The SMILES string of the molecule is CC(C)(C)CCS(=O)(=O)NC1(C(=O)O)CCOC1. The average Bonchev–Trinajstić information content (AvgIpc) is 2.63. The molecule has 0 amide bonds. The first kappa shape index (κ1) is 15.4. The molecule has 6 nitrogen and oxygen atoms in total. The number of nitrogens with one attached hydrogen (secondary N) is 1. The van der Waals surface area contributed by atoms with Crippen LogP contribution >= 0.6 is 0 Å². The van der Waals surface area contributed by atoms with Crippen molar-refractivity contribution < 1.29 is 23.1 Å². The van der Waals surface area contributed by atoms with Gasteiger partial charge in [0.15, 0.2) is 5.54 Å². The fraction of sp³-hybridized carbons (Fsp3) is 0.909. The first-order valence-corrected chi connectivity index (χ1v) is 7.54. The second-order valence-corrected chi connectivity index (χ2v) is 7.76. The van der Waals surface area contributed by atoms with Crippen LogP contribution in [0.2, 0.25) is 0 Å². The van der Waals surface area contributed by atoms with Gasteiger partial charge in [-0.2, -0.15) is 4.72 Å². The van der Waals surface area contributed by atoms with Gasteiger partial charge in [0, 0.05) is 13.0 Å². The Morgan fingerprint density at radius 1 is 1.44 bits per heavy atom. The standard InChI is InChI=1S/C11H21NO5S/c1-10(2,3)5-7-18(15,16)12-11(9(13)14)4-6-17-8-11/h12H,4-8H2,1-3H3,(H,13,14). The molecule has 1 aliphatic heterocycles. The quantitative estimate of drug-likeness (QED) is 0.768. The molecule has 7 heteroatoms. The number of rotatable bonds is 5. The van der Waals surface area contributed by atoms with Crippen LogP contribution in [0.25, 0.3) is 0 Å². The number of carbonyl (C=O) groups is 1. The third-order valence-corrected chi connectivity index (χ3v) is 4.35. The van der Waals surface area contributed by atoms with Crippen LogP contribution < -0.4 is 4.72 Å². The molecule has 0 spiro atoms. The molecule has 0 aromatic rings. The monoisotopic (exact) mass is 279 g/mol. The second kappa shape index (κ2) is 5.14. The van der Waals surface area contributed by atoms with Crippen molar-refractivity contribution in [2.45, 2.75) is 39.2 Å². The summed E-state index contributed by atoms with van der Waals surface area (Å²) in [6.45, 7) is 5.96. The Hall–Kier alpha value is -0.660. The van der Waals surface area contributed by atoms with E-state index in [-0.39, 0.29) is 30.8 Å². The van der Waals surface area contributed by atoms with Crippen molar-refractivity contribution in [1.82, 2.24) is 4.72 Å². The minimum absolute atomic E-state index is 0.0778. The van der Waals surface area contributed by atoms with E-state index in [1.807, 2.05) is 20.8 Å². The summed E-state index contributed by atoms with van der Waals surface area (Å²) in [5, 5.41) is 9.15. The molecule has 0 aromatic carbocycles. The highest BCUT2D eigenvalue weighted by Crippen LogP contribution is 2.23. The van der Waals surface area contributed by atoms with Gasteiger partial charge in [0.2, 0.25) is 10.0 Å². The van der Waals surface area contributed by atoms with Gasteiger partial charge < -0.3 is 9.84 Å². The molecule has 106 valence electrons. The van der Waals surface area contributed by atoms with E-state index in [1.54, 1.807) is 0 Å². The Labute approximate surface area is 108 Å². The predicted molar refractivity (Wildman–Crippen MR) is 66.8 cm³/mol. The molecule has 0 aliphatic carbocycles. The molecule has 1 fully saturated rings. The summed E-state index contributed by atoms with van der Waals surface area (Å²) >= 11 is 0. The van der Waals surface area contributed by atoms with Gasteiger partial charge in [-0.3, -0.25) is 4.79 Å². The number of carboxylic acid groups (broad SMARTS) is 1. The van der Waals surface area contributed by atoms with Gasteiger partial charge in [0.1, 0.15) is 0 Å². The fourth-order valence-corrected chi connectivity index (χ4v) is 3.47. The molecule has 0 saturated carbocycles. The van der Waals surface area contributed by atoms with Crippen molar-refractivity contribution in [2.24, 2.45) is 5.41 Å². The molecule has 1 aliphatic rings. The molecule has 1 unspecified atom stereocenters. The van der Waals surface area contributed by atoms with Crippen LogP contribution in [-0.4, -0.2) is 44.0 Å². The first-order valence-electron chi connectivity index (χ1n) is 5.89. The van der Waals surface area contributed by atoms with Gasteiger partial charge in [0.25, 0.3) is 0 Å². The van der Waals surface area contributed by atoms with Crippen LogP contribution in [0.5, 0.6) is 0 Å². The number of hydrogen-bond acceptors (Lipinski definition) is 4. The van der Waals surface area contributed by atoms with Crippen LogP contribution in [0.1, 0.15) is 33.6 Å². The summed E-state index contributed by atoms with van der Waals surface area (Å²) in [5.41, 5.74) is -1.60. The van der Waals surface area contributed by atoms with Gasteiger partial charge >= 0.3 is 5.97 Å². The molecule has 1 saturated heterocycles. The lowest BCUT2D eigenvalue weighted by molar-refractivity contribution is -0.144. The normalized spacial score (nSPS) is 25.3. The van der Waals surface area contributed by atoms with E-state index in [4.69, 9.17) is 9.84 Å². The van der Waals surface area contributed by atoms with E-state index in [1.165, 1.54) is 0 Å². The number of hydrogen-bond donors (Lipinski definition) is 2. The molecule has 2 N–H and O–H groups in total. The summed E-state index contributed by atoms with van der Waals surface area (Å²) in [6.07, 6.45) is 0.635. The second-order valence-electron chi connectivity index (χ2n) is 5.92. The van der Waals surface area contributed by atoms with Crippen LogP contribution in [0.3, 0.4) is 0 Å². The molecule has 0 bridgehead atoms. The van der Waals surface area contributed by atoms with Gasteiger partial charge in [-0.05, 0) is 11.8 Å². The maximum Gasteiger partial charge on any atom is 0.327 e. The number of aliphatic carboxylic acids is 1. The van der Waals surface area contributed by atoms with Gasteiger partial charge in [-0.15, -0.1) is 0 Å². The lowest BCUT2D eigenvalue weighted by Crippen LogP contribution is -2.55. The Bertz CT molecular complexity index is 404. The summed E-state index contributed by atoms with van der Waals surface area (Å²) < 4.78 is 31.1. The zero-order valence-corrected chi connectivity index (χ0v) is 11.8.